The number of nitrogens with zero attached hydrogens (tertiary/aromatic N) is 4. The highest BCUT2D eigenvalue weighted by Gasteiger charge is 2.17. The molecule has 0 aliphatic heterocycles. The predicted octanol–water partition coefficient (Wildman–Crippen LogP) is 2.13. The molecule has 0 spiro atoms. The van der Waals surface area contributed by atoms with E-state index < -0.39 is 20.0 Å². The van der Waals surface area contributed by atoms with Crippen molar-refractivity contribution < 1.29 is 22.3 Å². The number of rotatable bonds is 6. The third-order valence-electron chi connectivity index (χ3n) is 4.80. The van der Waals surface area contributed by atoms with Crippen LogP contribution in [-0.2, 0) is 20.0 Å². The Morgan fingerprint density at radius 3 is 1.05 bits per heavy atom. The van der Waals surface area contributed by atoms with Crippen molar-refractivity contribution in [2.45, 2.75) is 37.5 Å². The van der Waals surface area contributed by atoms with Crippen LogP contribution in [0.1, 0.15) is 22.8 Å². The molecule has 0 aliphatic carbocycles. The highest BCUT2D eigenvalue weighted by molar-refractivity contribution is 7.93. The molecule has 0 radical (unpaired) electrons. The fourth-order valence-corrected chi connectivity index (χ4v) is 5.08. The van der Waals surface area contributed by atoms with Crippen molar-refractivity contribution in [3.63, 3.8) is 0 Å². The fraction of sp³-hybridized carbons (Fsp3) is 0.167. The summed E-state index contributed by atoms with van der Waals surface area (Å²) in [5.74, 6) is 0.128. The molecule has 2 heterocycles. The minimum absolute atomic E-state index is 0. The van der Waals surface area contributed by atoms with Crippen molar-refractivity contribution in [1.82, 2.24) is 19.9 Å². The maximum Gasteiger partial charge on any atom is 0.264 e. The number of sulfonamides is 2. The van der Waals surface area contributed by atoms with Crippen LogP contribution in [0.25, 0.3) is 0 Å². The van der Waals surface area contributed by atoms with Gasteiger partial charge in [0, 0.05) is 34.2 Å². The van der Waals surface area contributed by atoms with Crippen LogP contribution in [0.2, 0.25) is 0 Å². The molecule has 15 heteroatoms. The molecule has 8 N–H and O–H groups in total. The Bertz CT molecular complexity index is 1480. The summed E-state index contributed by atoms with van der Waals surface area (Å²) in [7, 11) is -7.39. The van der Waals surface area contributed by atoms with Crippen LogP contribution in [0.3, 0.4) is 0 Å². The summed E-state index contributed by atoms with van der Waals surface area (Å²) in [5.41, 5.74) is 14.8. The zero-order valence-electron chi connectivity index (χ0n) is 21.7. The molecule has 13 nitrogen and oxygen atoms in total. The molecule has 39 heavy (non-hydrogen) atoms. The summed E-state index contributed by atoms with van der Waals surface area (Å²) in [6, 6.07) is 15.4. The lowest BCUT2D eigenvalue weighted by Crippen LogP contribution is -2.15. The Morgan fingerprint density at radius 2 is 0.795 bits per heavy atom. The van der Waals surface area contributed by atoms with E-state index in [0.29, 0.717) is 34.2 Å². The number of nitrogens with two attached hydrogens (primary N) is 2. The lowest BCUT2D eigenvalue weighted by molar-refractivity contribution is 0.599. The van der Waals surface area contributed by atoms with E-state index in [1.807, 2.05) is 0 Å². The summed E-state index contributed by atoms with van der Waals surface area (Å²) in [5, 5.41) is 0. The number of aryl methyl sites for hydroxylation is 4. The number of nitrogens with one attached hydrogen (secondary N) is 2. The fourth-order valence-electron chi connectivity index (χ4n) is 3.20. The molecule has 208 valence electrons. The Kier molecular flexibility index (Phi) is 9.87. The van der Waals surface area contributed by atoms with Crippen LogP contribution in [-0.4, -0.2) is 42.2 Å². The summed E-state index contributed by atoms with van der Waals surface area (Å²) < 4.78 is 53.1. The van der Waals surface area contributed by atoms with Crippen LogP contribution in [0, 0.1) is 27.7 Å². The standard InChI is InChI=1S/2C12H14N4O2S.H2O/c2*1-8-7-9(2)15-12(14-8)16-19(17,18)11-5-3-10(13)4-6-11;/h2*3-7H,13H2,1-2H3,(H,14,15,16);1H2. The molecule has 0 fully saturated rings. The number of hydrogen-bond acceptors (Lipinski definition) is 10. The molecule has 0 unspecified atom stereocenters. The van der Waals surface area contributed by atoms with Gasteiger partial charge in [-0.25, -0.2) is 46.2 Å². The molecule has 2 aromatic heterocycles. The first-order valence-corrected chi connectivity index (χ1v) is 14.1. The van der Waals surface area contributed by atoms with Crippen molar-refractivity contribution in [3.8, 4) is 0 Å². The molecule has 4 rings (SSSR count). The quantitative estimate of drug-likeness (QED) is 0.245. The summed E-state index contributed by atoms with van der Waals surface area (Å²) in [6.07, 6.45) is 0. The molecule has 4 aromatic rings. The van der Waals surface area contributed by atoms with Crippen molar-refractivity contribution in [2.75, 3.05) is 20.9 Å². The summed E-state index contributed by atoms with van der Waals surface area (Å²) in [4.78, 5) is 16.4. The van der Waals surface area contributed by atoms with Gasteiger partial charge >= 0.3 is 0 Å². The monoisotopic (exact) mass is 574 g/mol. The van der Waals surface area contributed by atoms with Crippen LogP contribution in [0.5, 0.6) is 0 Å². The lowest BCUT2D eigenvalue weighted by Gasteiger charge is -2.08. The van der Waals surface area contributed by atoms with E-state index in [0.717, 1.165) is 0 Å². The van der Waals surface area contributed by atoms with Gasteiger partial charge in [0.2, 0.25) is 11.9 Å². The van der Waals surface area contributed by atoms with Gasteiger partial charge in [0.1, 0.15) is 0 Å². The molecular weight excluding hydrogens is 544 g/mol. The van der Waals surface area contributed by atoms with E-state index >= 15 is 0 Å². The molecule has 0 saturated heterocycles. The van der Waals surface area contributed by atoms with Crippen molar-refractivity contribution in [3.05, 3.63) is 83.4 Å². The van der Waals surface area contributed by atoms with Crippen molar-refractivity contribution >= 4 is 43.3 Å². The predicted molar refractivity (Wildman–Crippen MR) is 150 cm³/mol. The number of anilines is 4. The van der Waals surface area contributed by atoms with Gasteiger partial charge in [0.05, 0.1) is 9.79 Å². The molecule has 0 atom stereocenters. The Morgan fingerprint density at radius 1 is 0.538 bits per heavy atom. The van der Waals surface area contributed by atoms with E-state index in [-0.39, 0.29) is 27.2 Å². The Hall–Kier alpha value is -4.34. The second-order valence-electron chi connectivity index (χ2n) is 8.30. The third kappa shape index (κ3) is 8.87. The SMILES string of the molecule is Cc1cc(C)nc(NS(=O)(=O)c2ccc(N)cc2)n1.Cc1cc(C)nc(NS(=O)(=O)c2ccc(N)cc2)n1.O. The summed E-state index contributed by atoms with van der Waals surface area (Å²) >= 11 is 0. The molecule has 0 amide bonds. The van der Waals surface area contributed by atoms with E-state index in [2.05, 4.69) is 29.4 Å². The average molecular weight is 575 g/mol. The minimum atomic E-state index is -3.69. The minimum Gasteiger partial charge on any atom is -0.412 e. The second-order valence-corrected chi connectivity index (χ2v) is 11.7. The van der Waals surface area contributed by atoms with Crippen LogP contribution in [0.15, 0.2) is 70.5 Å². The van der Waals surface area contributed by atoms with Gasteiger partial charge < -0.3 is 16.9 Å². The first kappa shape index (κ1) is 30.9. The molecular formula is C24H30N8O5S2. The largest absolute Gasteiger partial charge is 0.412 e. The zero-order valence-corrected chi connectivity index (χ0v) is 23.3. The number of nitrogen functional groups attached to an aromatic ring is 2. The van der Waals surface area contributed by atoms with Gasteiger partial charge in [-0.3, -0.25) is 0 Å². The number of aromatic nitrogens is 4. The average Bonchev–Trinajstić information content (AvgIpc) is 2.78. The lowest BCUT2D eigenvalue weighted by atomic mass is 10.3. The normalized spacial score (nSPS) is 11.0. The van der Waals surface area contributed by atoms with Gasteiger partial charge in [-0.1, -0.05) is 0 Å². The van der Waals surface area contributed by atoms with Crippen LogP contribution < -0.4 is 20.9 Å². The van der Waals surface area contributed by atoms with Crippen molar-refractivity contribution in [2.24, 2.45) is 0 Å². The first-order valence-electron chi connectivity index (χ1n) is 11.1. The zero-order chi connectivity index (χ0) is 28.1. The highest BCUT2D eigenvalue weighted by atomic mass is 32.2. The molecule has 2 aromatic carbocycles. The van der Waals surface area contributed by atoms with Gasteiger partial charge in [-0.2, -0.15) is 0 Å². The molecule has 0 bridgehead atoms. The van der Waals surface area contributed by atoms with Gasteiger partial charge in [0.15, 0.2) is 0 Å². The van der Waals surface area contributed by atoms with Crippen LogP contribution in [0.4, 0.5) is 23.3 Å². The third-order valence-corrected chi connectivity index (χ3v) is 7.48. The molecule has 0 aliphatic rings. The number of hydrogen-bond donors (Lipinski definition) is 4. The van der Waals surface area contributed by atoms with Crippen molar-refractivity contribution in [1.29, 1.82) is 0 Å². The van der Waals surface area contributed by atoms with Gasteiger partial charge in [-0.15, -0.1) is 0 Å². The second kappa shape index (κ2) is 12.5. The summed E-state index contributed by atoms with van der Waals surface area (Å²) in [6.45, 7) is 7.09. The van der Waals surface area contributed by atoms with Gasteiger partial charge in [-0.05, 0) is 88.4 Å². The smallest absolute Gasteiger partial charge is 0.264 e. The topological polar surface area (TPSA) is 227 Å². The van der Waals surface area contributed by atoms with E-state index in [1.165, 1.54) is 48.5 Å². The maximum absolute atomic E-state index is 12.1. The van der Waals surface area contributed by atoms with Gasteiger partial charge in [0.25, 0.3) is 20.0 Å². The Balaban J connectivity index is 0.000000267. The first-order chi connectivity index (χ1) is 17.7. The number of benzene rings is 2. The van der Waals surface area contributed by atoms with E-state index in [4.69, 9.17) is 11.5 Å². The Labute approximate surface area is 227 Å². The molecule has 0 saturated carbocycles. The van der Waals surface area contributed by atoms with E-state index in [1.54, 1.807) is 39.8 Å². The van der Waals surface area contributed by atoms with Crippen LogP contribution >= 0.6 is 0 Å². The maximum atomic E-state index is 12.1. The highest BCUT2D eigenvalue weighted by Crippen LogP contribution is 2.16. The van der Waals surface area contributed by atoms with E-state index in [9.17, 15) is 16.8 Å².